The highest BCUT2D eigenvalue weighted by Crippen LogP contribution is 2.36. The van der Waals surface area contributed by atoms with Crippen LogP contribution in [-0.4, -0.2) is 22.7 Å². The molecule has 6 heteroatoms. The maximum Gasteiger partial charge on any atom is 0.416 e. The van der Waals surface area contributed by atoms with Gasteiger partial charge in [0.05, 0.1) is 5.56 Å². The van der Waals surface area contributed by atoms with Gasteiger partial charge in [-0.05, 0) is 25.8 Å². The van der Waals surface area contributed by atoms with Crippen molar-refractivity contribution in [3.8, 4) is 0 Å². The Morgan fingerprint density at radius 2 is 2.06 bits per heavy atom. The number of hydrogen-bond donors (Lipinski definition) is 2. The van der Waals surface area contributed by atoms with Gasteiger partial charge in [0.25, 0.3) is 0 Å². The molecule has 1 aliphatic carbocycles. The molecule has 1 aromatic heterocycles. The summed E-state index contributed by atoms with van der Waals surface area (Å²) in [5, 5.41) is 13.2. The lowest BCUT2D eigenvalue weighted by Gasteiger charge is -2.27. The van der Waals surface area contributed by atoms with Crippen LogP contribution >= 0.6 is 0 Å². The Morgan fingerprint density at radius 1 is 1.39 bits per heavy atom. The first-order chi connectivity index (χ1) is 8.31. The minimum absolute atomic E-state index is 0.0897. The number of nitrogens with zero attached hydrogens (tertiary/aromatic N) is 1. The summed E-state index contributed by atoms with van der Waals surface area (Å²) in [7, 11) is 0. The van der Waals surface area contributed by atoms with Gasteiger partial charge in [0.15, 0.2) is 0 Å². The molecule has 0 amide bonds. The number of hydrogen-bond acceptors (Lipinski definition) is 3. The first kappa shape index (κ1) is 13.3. The van der Waals surface area contributed by atoms with E-state index in [4.69, 9.17) is 0 Å². The second-order valence-electron chi connectivity index (χ2n) is 4.85. The van der Waals surface area contributed by atoms with Crippen LogP contribution in [0.1, 0.15) is 30.9 Å². The van der Waals surface area contributed by atoms with Crippen LogP contribution in [0, 0.1) is 0 Å². The first-order valence-corrected chi connectivity index (χ1v) is 5.78. The average Bonchev–Trinajstić information content (AvgIpc) is 3.09. The van der Waals surface area contributed by atoms with Crippen LogP contribution in [-0.2, 0) is 11.8 Å². The Hall–Kier alpha value is -1.14. The molecule has 1 unspecified atom stereocenters. The number of alkyl halides is 3. The predicted octanol–water partition coefficient (Wildman–Crippen LogP) is 2.06. The van der Waals surface area contributed by atoms with Crippen molar-refractivity contribution in [3.05, 3.63) is 29.6 Å². The zero-order valence-corrected chi connectivity index (χ0v) is 9.96. The van der Waals surface area contributed by atoms with Gasteiger partial charge in [-0.1, -0.05) is 0 Å². The van der Waals surface area contributed by atoms with Crippen LogP contribution in [0.4, 0.5) is 13.2 Å². The zero-order chi connectivity index (χ0) is 13.4. The van der Waals surface area contributed by atoms with Crippen LogP contribution in [0.3, 0.4) is 0 Å². The molecule has 100 valence electrons. The lowest BCUT2D eigenvalue weighted by atomic mass is 9.93. The summed E-state index contributed by atoms with van der Waals surface area (Å²) < 4.78 is 38.5. The molecule has 0 aliphatic heterocycles. The van der Waals surface area contributed by atoms with E-state index >= 15 is 0 Å². The minimum atomic E-state index is -4.48. The third-order valence-corrected chi connectivity index (χ3v) is 3.02. The van der Waals surface area contributed by atoms with Crippen LogP contribution in [0.2, 0.25) is 0 Å². The molecule has 1 saturated carbocycles. The lowest BCUT2D eigenvalue weighted by Crippen LogP contribution is -2.38. The van der Waals surface area contributed by atoms with E-state index in [0.29, 0.717) is 6.04 Å². The van der Waals surface area contributed by atoms with Crippen LogP contribution in [0.25, 0.3) is 0 Å². The Labute approximate surface area is 103 Å². The fourth-order valence-electron chi connectivity index (χ4n) is 1.80. The van der Waals surface area contributed by atoms with Gasteiger partial charge in [0.2, 0.25) is 0 Å². The highest BCUT2D eigenvalue weighted by Gasteiger charge is 2.39. The van der Waals surface area contributed by atoms with Gasteiger partial charge in [-0.25, -0.2) is 0 Å². The van der Waals surface area contributed by atoms with E-state index in [1.807, 2.05) is 0 Å². The lowest BCUT2D eigenvalue weighted by molar-refractivity contribution is -0.140. The maximum absolute atomic E-state index is 12.8. The predicted molar refractivity (Wildman–Crippen MR) is 59.8 cm³/mol. The fraction of sp³-hybridized carbons (Fsp3) is 0.583. The molecule has 0 spiro atoms. The van der Waals surface area contributed by atoms with E-state index in [1.165, 1.54) is 6.92 Å². The largest absolute Gasteiger partial charge is 0.416 e. The van der Waals surface area contributed by atoms with Crippen molar-refractivity contribution in [2.24, 2.45) is 0 Å². The topological polar surface area (TPSA) is 45.1 Å². The second kappa shape index (κ2) is 4.51. The van der Waals surface area contributed by atoms with Gasteiger partial charge in [0, 0.05) is 30.5 Å². The van der Waals surface area contributed by atoms with Crippen LogP contribution in [0.5, 0.6) is 0 Å². The monoisotopic (exact) mass is 260 g/mol. The normalized spacial score (nSPS) is 19.6. The van der Waals surface area contributed by atoms with Crippen LogP contribution in [0.15, 0.2) is 18.5 Å². The van der Waals surface area contributed by atoms with E-state index in [-0.39, 0.29) is 12.1 Å². The summed E-state index contributed by atoms with van der Waals surface area (Å²) in [5.74, 6) is 0. The highest BCUT2D eigenvalue weighted by atomic mass is 19.4. The number of rotatable bonds is 4. The molecule has 1 aromatic rings. The molecular weight excluding hydrogens is 245 g/mol. The van der Waals surface area contributed by atoms with Gasteiger partial charge in [0.1, 0.15) is 5.60 Å². The fourth-order valence-corrected chi connectivity index (χ4v) is 1.80. The number of nitrogens with one attached hydrogen (secondary N) is 1. The van der Waals surface area contributed by atoms with Crippen molar-refractivity contribution in [3.63, 3.8) is 0 Å². The Kier molecular flexibility index (Phi) is 3.33. The molecule has 18 heavy (non-hydrogen) atoms. The van der Waals surface area contributed by atoms with Crippen molar-refractivity contribution in [1.82, 2.24) is 10.3 Å². The van der Waals surface area contributed by atoms with Gasteiger partial charge in [-0.3, -0.25) is 4.98 Å². The van der Waals surface area contributed by atoms with E-state index in [2.05, 4.69) is 10.3 Å². The minimum Gasteiger partial charge on any atom is -0.384 e. The average molecular weight is 260 g/mol. The number of aliphatic hydroxyl groups is 1. The summed E-state index contributed by atoms with van der Waals surface area (Å²) >= 11 is 0. The van der Waals surface area contributed by atoms with E-state index in [0.717, 1.165) is 31.3 Å². The van der Waals surface area contributed by atoms with Crippen molar-refractivity contribution in [2.75, 3.05) is 6.54 Å². The van der Waals surface area contributed by atoms with E-state index < -0.39 is 17.3 Å². The molecule has 0 saturated heterocycles. The molecule has 2 rings (SSSR count). The number of halogens is 3. The zero-order valence-electron chi connectivity index (χ0n) is 9.96. The molecular formula is C12H15F3N2O. The van der Waals surface area contributed by atoms with Gasteiger partial charge < -0.3 is 10.4 Å². The molecule has 0 aromatic carbocycles. The summed E-state index contributed by atoms with van der Waals surface area (Å²) in [6.45, 7) is 1.46. The standard InChI is InChI=1S/C12H15F3N2O/c1-11(18,7-17-8-2-3-8)10-6-16-5-4-9(10)12(13,14)15/h4-6,8,17-18H,2-3,7H2,1H3. The summed E-state index contributed by atoms with van der Waals surface area (Å²) in [4.78, 5) is 3.68. The van der Waals surface area contributed by atoms with Gasteiger partial charge in [-0.15, -0.1) is 0 Å². The van der Waals surface area contributed by atoms with Gasteiger partial charge >= 0.3 is 6.18 Å². The number of aromatic nitrogens is 1. The highest BCUT2D eigenvalue weighted by molar-refractivity contribution is 5.31. The first-order valence-electron chi connectivity index (χ1n) is 5.78. The summed E-state index contributed by atoms with van der Waals surface area (Å²) in [6, 6.07) is 1.21. The second-order valence-corrected chi connectivity index (χ2v) is 4.85. The summed E-state index contributed by atoms with van der Waals surface area (Å²) in [5.41, 5.74) is -2.60. The molecule has 3 nitrogen and oxygen atoms in total. The maximum atomic E-state index is 12.8. The smallest absolute Gasteiger partial charge is 0.384 e. The molecule has 2 N–H and O–H groups in total. The number of pyridine rings is 1. The molecule has 1 atom stereocenters. The van der Waals surface area contributed by atoms with Crippen molar-refractivity contribution in [2.45, 2.75) is 37.6 Å². The van der Waals surface area contributed by atoms with Crippen molar-refractivity contribution < 1.29 is 18.3 Å². The molecule has 0 radical (unpaired) electrons. The SMILES string of the molecule is CC(O)(CNC1CC1)c1cnccc1C(F)(F)F. The van der Waals surface area contributed by atoms with E-state index in [9.17, 15) is 18.3 Å². The molecule has 1 heterocycles. The third-order valence-electron chi connectivity index (χ3n) is 3.02. The summed E-state index contributed by atoms with van der Waals surface area (Å²) in [6.07, 6.45) is -0.305. The van der Waals surface area contributed by atoms with E-state index in [1.54, 1.807) is 0 Å². The van der Waals surface area contributed by atoms with Crippen molar-refractivity contribution >= 4 is 0 Å². The van der Waals surface area contributed by atoms with Gasteiger partial charge in [-0.2, -0.15) is 13.2 Å². The Morgan fingerprint density at radius 3 is 2.61 bits per heavy atom. The Balaban J connectivity index is 2.24. The Bertz CT molecular complexity index is 428. The quantitative estimate of drug-likeness (QED) is 0.871. The third kappa shape index (κ3) is 3.00. The van der Waals surface area contributed by atoms with Crippen LogP contribution < -0.4 is 5.32 Å². The molecule has 0 bridgehead atoms. The molecule has 1 fully saturated rings. The van der Waals surface area contributed by atoms with Crippen molar-refractivity contribution in [1.29, 1.82) is 0 Å². The molecule has 1 aliphatic rings.